The number of morpholine rings is 1. The zero-order valence-corrected chi connectivity index (χ0v) is 11.7. The van der Waals surface area contributed by atoms with Gasteiger partial charge in [0.25, 0.3) is 0 Å². The van der Waals surface area contributed by atoms with Gasteiger partial charge in [-0.1, -0.05) is 0 Å². The molecule has 2 fully saturated rings. The fourth-order valence-corrected chi connectivity index (χ4v) is 2.50. The Morgan fingerprint density at radius 2 is 2.05 bits per heavy atom. The van der Waals surface area contributed by atoms with Crippen molar-refractivity contribution >= 4 is 5.91 Å². The van der Waals surface area contributed by atoms with Crippen LogP contribution in [0.3, 0.4) is 0 Å². The number of amides is 1. The van der Waals surface area contributed by atoms with E-state index in [1.54, 1.807) is 0 Å². The summed E-state index contributed by atoms with van der Waals surface area (Å²) in [5, 5.41) is 8.33. The van der Waals surface area contributed by atoms with Gasteiger partial charge in [-0.25, -0.2) is 0 Å². The molecule has 2 rings (SSSR count). The predicted octanol–water partition coefficient (Wildman–Crippen LogP) is -1.07. The van der Waals surface area contributed by atoms with E-state index in [1.165, 1.54) is 4.90 Å². The van der Waals surface area contributed by atoms with E-state index in [2.05, 4.69) is 16.0 Å². The Bertz CT molecular complexity index is 342. The number of hydrogen-bond donors (Lipinski definition) is 3. The molecule has 0 aromatic heterocycles. The first-order valence-corrected chi connectivity index (χ1v) is 7.09. The number of nitrogens with zero attached hydrogens (tertiary/aromatic N) is 1. The van der Waals surface area contributed by atoms with E-state index in [1.807, 2.05) is 0 Å². The van der Waals surface area contributed by atoms with E-state index >= 15 is 0 Å². The molecule has 2 atom stereocenters. The number of piperazine rings is 1. The van der Waals surface area contributed by atoms with Gasteiger partial charge in [-0.15, -0.1) is 0 Å². The molecule has 1 amide bonds. The average molecular weight is 310 g/mol. The Morgan fingerprint density at radius 1 is 1.33 bits per heavy atom. The highest BCUT2D eigenvalue weighted by molar-refractivity contribution is 5.82. The summed E-state index contributed by atoms with van der Waals surface area (Å²) in [5.74, 6) is -0.445. The van der Waals surface area contributed by atoms with Gasteiger partial charge in [-0.05, 0) is 0 Å². The molecule has 0 spiro atoms. The van der Waals surface area contributed by atoms with E-state index < -0.39 is 30.7 Å². The summed E-state index contributed by atoms with van der Waals surface area (Å²) in [7, 11) is 0. The highest BCUT2D eigenvalue weighted by Gasteiger charge is 2.44. The maximum absolute atomic E-state index is 13.1. The first-order chi connectivity index (χ1) is 9.98. The summed E-state index contributed by atoms with van der Waals surface area (Å²) in [4.78, 5) is 13.2. The van der Waals surface area contributed by atoms with Crippen LogP contribution in [0.5, 0.6) is 0 Å². The monoisotopic (exact) mass is 310 g/mol. The standard InChI is InChI=1S/C12H21F3N4O2/c13-12(14,15)10(19-4-1-16-2-5-19)7-18-11(20)9-8-21-6-3-17-9/h9-10,16-17H,1-8H2,(H,18,20). The predicted molar refractivity (Wildman–Crippen MR) is 69.9 cm³/mol. The third-order valence-corrected chi connectivity index (χ3v) is 3.68. The molecule has 0 radical (unpaired) electrons. The van der Waals surface area contributed by atoms with Crippen molar-refractivity contribution < 1.29 is 22.7 Å². The quantitative estimate of drug-likeness (QED) is 0.617. The summed E-state index contributed by atoms with van der Waals surface area (Å²) < 4.78 is 44.6. The van der Waals surface area contributed by atoms with Crippen LogP contribution >= 0.6 is 0 Å². The van der Waals surface area contributed by atoms with Gasteiger partial charge in [0.15, 0.2) is 0 Å². The third-order valence-electron chi connectivity index (χ3n) is 3.68. The van der Waals surface area contributed by atoms with Crippen molar-refractivity contribution in [2.75, 3.05) is 52.5 Å². The average Bonchev–Trinajstić information content (AvgIpc) is 2.48. The van der Waals surface area contributed by atoms with Crippen molar-refractivity contribution in [3.8, 4) is 0 Å². The van der Waals surface area contributed by atoms with Crippen LogP contribution in [-0.2, 0) is 9.53 Å². The van der Waals surface area contributed by atoms with E-state index in [9.17, 15) is 18.0 Å². The van der Waals surface area contributed by atoms with Crippen molar-refractivity contribution in [3.63, 3.8) is 0 Å². The molecule has 0 aromatic rings. The fourth-order valence-electron chi connectivity index (χ4n) is 2.50. The lowest BCUT2D eigenvalue weighted by Crippen LogP contribution is -2.59. The van der Waals surface area contributed by atoms with Crippen LogP contribution in [0.2, 0.25) is 0 Å². The molecule has 0 aliphatic carbocycles. The topological polar surface area (TPSA) is 65.6 Å². The summed E-state index contributed by atoms with van der Waals surface area (Å²) in [6.45, 7) is 2.50. The van der Waals surface area contributed by atoms with E-state index in [4.69, 9.17) is 4.74 Å². The minimum absolute atomic E-state index is 0.191. The summed E-state index contributed by atoms with van der Waals surface area (Å²) in [6.07, 6.45) is -4.36. The third kappa shape index (κ3) is 4.80. The highest BCUT2D eigenvalue weighted by Crippen LogP contribution is 2.24. The van der Waals surface area contributed by atoms with Gasteiger partial charge in [-0.2, -0.15) is 13.2 Å². The number of halogens is 3. The van der Waals surface area contributed by atoms with Crippen LogP contribution in [0.15, 0.2) is 0 Å². The van der Waals surface area contributed by atoms with Crippen LogP contribution in [0.1, 0.15) is 0 Å². The Kier molecular flexibility index (Phi) is 5.80. The van der Waals surface area contributed by atoms with Crippen molar-refractivity contribution in [2.45, 2.75) is 18.3 Å². The molecule has 2 aliphatic rings. The number of rotatable bonds is 4. The van der Waals surface area contributed by atoms with Gasteiger partial charge >= 0.3 is 6.18 Å². The summed E-state index contributed by atoms with van der Waals surface area (Å²) in [5.41, 5.74) is 0. The molecular weight excluding hydrogens is 289 g/mol. The second-order valence-corrected chi connectivity index (χ2v) is 5.17. The maximum Gasteiger partial charge on any atom is 0.405 e. The fraction of sp³-hybridized carbons (Fsp3) is 0.917. The van der Waals surface area contributed by atoms with Crippen LogP contribution in [0.4, 0.5) is 13.2 Å². The molecule has 0 saturated carbocycles. The second-order valence-electron chi connectivity index (χ2n) is 5.17. The lowest BCUT2D eigenvalue weighted by molar-refractivity contribution is -0.184. The molecule has 2 unspecified atom stereocenters. The maximum atomic E-state index is 13.1. The zero-order valence-electron chi connectivity index (χ0n) is 11.7. The van der Waals surface area contributed by atoms with E-state index in [0.29, 0.717) is 39.3 Å². The van der Waals surface area contributed by atoms with E-state index in [-0.39, 0.29) is 6.61 Å². The number of nitrogens with one attached hydrogen (secondary N) is 3. The van der Waals surface area contributed by atoms with E-state index in [0.717, 1.165) is 0 Å². The van der Waals surface area contributed by atoms with Gasteiger partial charge in [0.2, 0.25) is 5.91 Å². The number of hydrogen-bond acceptors (Lipinski definition) is 5. The van der Waals surface area contributed by atoms with Crippen molar-refractivity contribution in [1.29, 1.82) is 0 Å². The van der Waals surface area contributed by atoms with Gasteiger partial charge in [0.05, 0.1) is 13.2 Å². The molecule has 122 valence electrons. The second kappa shape index (κ2) is 7.39. The molecule has 2 heterocycles. The normalized spacial score (nSPS) is 26.3. The van der Waals surface area contributed by atoms with Crippen LogP contribution in [-0.4, -0.2) is 81.5 Å². The van der Waals surface area contributed by atoms with Gasteiger partial charge in [-0.3, -0.25) is 9.69 Å². The first-order valence-electron chi connectivity index (χ1n) is 7.09. The van der Waals surface area contributed by atoms with Gasteiger partial charge < -0.3 is 20.7 Å². The summed E-state index contributed by atoms with van der Waals surface area (Å²) in [6, 6.07) is -2.22. The van der Waals surface area contributed by atoms with Crippen LogP contribution in [0.25, 0.3) is 0 Å². The Balaban J connectivity index is 1.87. The first kappa shape index (κ1) is 16.5. The Labute approximate surface area is 121 Å². The van der Waals surface area contributed by atoms with Crippen molar-refractivity contribution in [1.82, 2.24) is 20.9 Å². The molecule has 3 N–H and O–H groups in total. The minimum atomic E-state index is -4.36. The Morgan fingerprint density at radius 3 is 2.62 bits per heavy atom. The molecular formula is C12H21F3N4O2. The van der Waals surface area contributed by atoms with Gasteiger partial charge in [0.1, 0.15) is 12.1 Å². The number of carbonyl (C=O) groups excluding carboxylic acids is 1. The molecule has 2 saturated heterocycles. The lowest BCUT2D eigenvalue weighted by atomic mass is 10.2. The highest BCUT2D eigenvalue weighted by atomic mass is 19.4. The smallest absolute Gasteiger partial charge is 0.378 e. The number of carbonyl (C=O) groups is 1. The molecule has 0 bridgehead atoms. The molecule has 6 nitrogen and oxygen atoms in total. The molecule has 0 aromatic carbocycles. The molecule has 21 heavy (non-hydrogen) atoms. The van der Waals surface area contributed by atoms with Gasteiger partial charge in [0, 0.05) is 39.3 Å². The number of alkyl halides is 3. The van der Waals surface area contributed by atoms with Crippen molar-refractivity contribution in [2.24, 2.45) is 0 Å². The minimum Gasteiger partial charge on any atom is -0.378 e. The lowest BCUT2D eigenvalue weighted by Gasteiger charge is -2.36. The number of ether oxygens (including phenoxy) is 1. The zero-order chi connectivity index (χ0) is 15.3. The van der Waals surface area contributed by atoms with Crippen LogP contribution in [0, 0.1) is 0 Å². The van der Waals surface area contributed by atoms with Crippen molar-refractivity contribution in [3.05, 3.63) is 0 Å². The molecule has 9 heteroatoms. The SMILES string of the molecule is O=C(NCC(N1CCNCC1)C(F)(F)F)C1COCCN1. The molecule has 2 aliphatic heterocycles. The van der Waals surface area contributed by atoms with Crippen LogP contribution < -0.4 is 16.0 Å². The largest absolute Gasteiger partial charge is 0.405 e. The summed E-state index contributed by atoms with van der Waals surface area (Å²) >= 11 is 0. The Hall–Kier alpha value is -0.900.